The zero-order valence-corrected chi connectivity index (χ0v) is 36.9. The van der Waals surface area contributed by atoms with Crippen molar-refractivity contribution in [2.24, 2.45) is 10.8 Å². The van der Waals surface area contributed by atoms with Crippen molar-refractivity contribution < 1.29 is 24.5 Å². The predicted octanol–water partition coefficient (Wildman–Crippen LogP) is 12.5. The Bertz CT molecular complexity index is 2140. The van der Waals surface area contributed by atoms with Crippen LogP contribution in [0.1, 0.15) is 102 Å². The molecular formula is C47H57IrN3OSi-2. The molecule has 1 aliphatic carbocycles. The van der Waals surface area contributed by atoms with Crippen molar-refractivity contribution in [1.29, 1.82) is 0 Å². The Balaban J connectivity index is 0.000000201. The van der Waals surface area contributed by atoms with Crippen LogP contribution in [0.15, 0.2) is 77.5 Å². The minimum absolute atomic E-state index is 0. The van der Waals surface area contributed by atoms with Gasteiger partial charge in [-0.05, 0) is 65.4 Å². The van der Waals surface area contributed by atoms with E-state index in [9.17, 15) is 0 Å². The third-order valence-corrected chi connectivity index (χ3v) is 12.0. The van der Waals surface area contributed by atoms with E-state index in [0.29, 0.717) is 5.71 Å². The third kappa shape index (κ3) is 10.4. The van der Waals surface area contributed by atoms with Gasteiger partial charge in [0, 0.05) is 43.6 Å². The van der Waals surface area contributed by atoms with Gasteiger partial charge in [-0.2, -0.15) is 0 Å². The molecule has 53 heavy (non-hydrogen) atoms. The first-order chi connectivity index (χ1) is 24.5. The summed E-state index contributed by atoms with van der Waals surface area (Å²) in [5, 5.41) is 3.58. The van der Waals surface area contributed by atoms with E-state index < -0.39 is 8.07 Å². The summed E-state index contributed by atoms with van der Waals surface area (Å²) in [6.45, 7) is 22.9. The smallest absolute Gasteiger partial charge is 0.216 e. The van der Waals surface area contributed by atoms with Crippen molar-refractivity contribution in [3.63, 3.8) is 0 Å². The summed E-state index contributed by atoms with van der Waals surface area (Å²) in [5.74, 6) is 0.739. The molecule has 0 aliphatic heterocycles. The molecule has 6 heteroatoms. The molecule has 6 aromatic rings. The number of nitrogens with zero attached hydrogens (tertiary/aromatic N) is 3. The van der Waals surface area contributed by atoms with Gasteiger partial charge in [-0.1, -0.05) is 133 Å². The number of hydrogen-bond acceptors (Lipinski definition) is 4. The monoisotopic (exact) mass is 900 g/mol. The van der Waals surface area contributed by atoms with Gasteiger partial charge in [-0.15, -0.1) is 53.6 Å². The van der Waals surface area contributed by atoms with Gasteiger partial charge in [0.2, 0.25) is 5.71 Å². The molecule has 1 saturated carbocycles. The zero-order chi connectivity index (χ0) is 37.3. The van der Waals surface area contributed by atoms with Gasteiger partial charge < -0.3 is 14.4 Å². The zero-order valence-electron chi connectivity index (χ0n) is 33.5. The number of hydrogen-bond donors (Lipinski definition) is 0. The van der Waals surface area contributed by atoms with E-state index in [4.69, 9.17) is 9.40 Å². The van der Waals surface area contributed by atoms with Gasteiger partial charge >= 0.3 is 0 Å². The second-order valence-corrected chi connectivity index (χ2v) is 23.4. The largest absolute Gasteiger partial charge is 0.486 e. The minimum Gasteiger partial charge on any atom is -0.486 e. The summed E-state index contributed by atoms with van der Waals surface area (Å²) in [4.78, 5) is 13.9. The molecule has 1 aliphatic rings. The number of pyridine rings is 3. The summed E-state index contributed by atoms with van der Waals surface area (Å²) in [5.41, 5.74) is 11.1. The Labute approximate surface area is 333 Å². The fourth-order valence-corrected chi connectivity index (χ4v) is 9.14. The van der Waals surface area contributed by atoms with Crippen molar-refractivity contribution in [2.45, 2.75) is 119 Å². The summed E-state index contributed by atoms with van der Waals surface area (Å²) >= 11 is 0. The SMILES string of the molecule is CC(C)(C)Cc1cc(-c2[c-]cc(C3CCCCC3)cc2)ncc1[Si](C)(C)C.Cc1ccc2c(n1)oc1c(-c3cc(CC(C)(C)C)ccn3)[c-]ccc12.[Ir]. The molecule has 0 atom stereocenters. The molecule has 4 nitrogen and oxygen atoms in total. The van der Waals surface area contributed by atoms with E-state index >= 15 is 0 Å². The third-order valence-electron chi connectivity index (χ3n) is 9.96. The van der Waals surface area contributed by atoms with Crippen LogP contribution >= 0.6 is 0 Å². The predicted molar refractivity (Wildman–Crippen MR) is 222 cm³/mol. The molecule has 4 heterocycles. The molecule has 0 saturated heterocycles. The van der Waals surface area contributed by atoms with Crippen LogP contribution < -0.4 is 5.19 Å². The van der Waals surface area contributed by atoms with Crippen molar-refractivity contribution in [3.05, 3.63) is 108 Å². The van der Waals surface area contributed by atoms with Gasteiger partial charge in [0.1, 0.15) is 0 Å². The Morgan fingerprint density at radius 3 is 2.19 bits per heavy atom. The van der Waals surface area contributed by atoms with Crippen molar-refractivity contribution in [1.82, 2.24) is 15.0 Å². The molecule has 0 spiro atoms. The molecule has 0 unspecified atom stereocenters. The van der Waals surface area contributed by atoms with Crippen LogP contribution in [0.2, 0.25) is 19.6 Å². The van der Waals surface area contributed by atoms with Crippen LogP contribution in [-0.2, 0) is 32.9 Å². The molecule has 7 rings (SSSR count). The number of fused-ring (bicyclic) bond motifs is 3. The van der Waals surface area contributed by atoms with Gasteiger partial charge in [-0.3, -0.25) is 0 Å². The van der Waals surface area contributed by atoms with Crippen LogP contribution in [0.25, 0.3) is 44.6 Å². The van der Waals surface area contributed by atoms with E-state index in [1.807, 2.05) is 31.3 Å². The topological polar surface area (TPSA) is 51.8 Å². The van der Waals surface area contributed by atoms with E-state index in [1.54, 1.807) is 0 Å². The fraction of sp³-hybridized carbons (Fsp3) is 0.426. The maximum Gasteiger partial charge on any atom is 0.216 e. The van der Waals surface area contributed by atoms with E-state index in [2.05, 4.69) is 132 Å². The maximum atomic E-state index is 6.08. The van der Waals surface area contributed by atoms with Crippen LogP contribution in [0.3, 0.4) is 0 Å². The Morgan fingerprint density at radius 1 is 0.792 bits per heavy atom. The molecule has 0 amide bonds. The Morgan fingerprint density at radius 2 is 1.53 bits per heavy atom. The molecular weight excluding hydrogens is 843 g/mol. The quantitative estimate of drug-likeness (QED) is 0.123. The average molecular weight is 900 g/mol. The fourth-order valence-electron chi connectivity index (χ4n) is 7.56. The number of rotatable bonds is 6. The van der Waals surface area contributed by atoms with Gasteiger partial charge in [0.15, 0.2) is 0 Å². The first-order valence-corrected chi connectivity index (χ1v) is 22.7. The molecule has 0 bridgehead atoms. The van der Waals surface area contributed by atoms with Crippen LogP contribution in [0.4, 0.5) is 0 Å². The molecule has 0 N–H and O–H groups in total. The Hall–Kier alpha value is -3.44. The second-order valence-electron chi connectivity index (χ2n) is 18.4. The van der Waals surface area contributed by atoms with Crippen LogP contribution in [0.5, 0.6) is 0 Å². The number of furan rings is 1. The first kappa shape index (κ1) is 40.7. The Kier molecular flexibility index (Phi) is 12.7. The molecule has 4 aromatic heterocycles. The first-order valence-electron chi connectivity index (χ1n) is 19.2. The van der Waals surface area contributed by atoms with E-state index in [0.717, 1.165) is 63.3 Å². The number of benzene rings is 2. The van der Waals surface area contributed by atoms with E-state index in [1.165, 1.54) is 54.0 Å². The van der Waals surface area contributed by atoms with Crippen LogP contribution in [-0.4, -0.2) is 23.0 Å². The standard InChI is InChI=1S/C25H36NSi.C22H21N2O.Ir/c1-25(2,3)17-22-16-23(26-18-24(22)27(4,5)6)21-14-12-20(13-15-21)19-10-8-7-9-11-19;1-14-8-9-17-16-6-5-7-18(20(16)25-21(17)24-14)19-12-15(10-11-23-19)13-22(2,3)4;/h12-14,16,18-19H,7-11,17H2,1-6H3;5-6,8-12H,13H2,1-4H3;/q2*-1;. The normalized spacial score (nSPS) is 14.2. The summed E-state index contributed by atoms with van der Waals surface area (Å²) in [7, 11) is -1.41. The number of aryl methyl sites for hydroxylation is 1. The van der Waals surface area contributed by atoms with Crippen molar-refractivity contribution in [3.8, 4) is 22.5 Å². The van der Waals surface area contributed by atoms with Gasteiger partial charge in [0.25, 0.3) is 0 Å². The minimum atomic E-state index is -1.41. The average Bonchev–Trinajstić information content (AvgIpc) is 3.45. The molecule has 1 fully saturated rings. The van der Waals surface area contributed by atoms with Gasteiger partial charge in [0.05, 0.1) is 13.7 Å². The van der Waals surface area contributed by atoms with Crippen LogP contribution in [0, 0.1) is 29.9 Å². The summed E-state index contributed by atoms with van der Waals surface area (Å²) in [6.07, 6.45) is 13.0. The van der Waals surface area contributed by atoms with E-state index in [-0.39, 0.29) is 30.9 Å². The molecule has 1 radical (unpaired) electrons. The molecule has 2 aromatic carbocycles. The number of aromatic nitrogens is 3. The summed E-state index contributed by atoms with van der Waals surface area (Å²) in [6, 6.07) is 28.2. The maximum absolute atomic E-state index is 6.08. The van der Waals surface area contributed by atoms with Crippen molar-refractivity contribution in [2.75, 3.05) is 0 Å². The van der Waals surface area contributed by atoms with Crippen molar-refractivity contribution >= 4 is 35.3 Å². The second kappa shape index (κ2) is 16.5. The van der Waals surface area contributed by atoms with Gasteiger partial charge in [-0.25, -0.2) is 4.98 Å². The molecule has 281 valence electrons. The summed E-state index contributed by atoms with van der Waals surface area (Å²) < 4.78 is 6.08.